The fraction of sp³-hybridized carbons (Fsp3) is 0.462. The maximum absolute atomic E-state index is 10.6. The number of rotatable bonds is 5. The van der Waals surface area contributed by atoms with Crippen LogP contribution >= 0.6 is 0 Å². The number of nitrogens with one attached hydrogen (secondary N) is 1. The molecule has 35 heavy (non-hydrogen) atoms. The van der Waals surface area contributed by atoms with E-state index in [1.807, 2.05) is 41.7 Å². The average Bonchev–Trinajstić information content (AvgIpc) is 3.19. The number of aliphatic hydroxyl groups excluding tert-OH is 2. The average molecular weight is 474 g/mol. The highest BCUT2D eigenvalue weighted by molar-refractivity contribution is 6.06. The normalized spacial score (nSPS) is 23.0. The molecule has 0 saturated heterocycles. The summed E-state index contributed by atoms with van der Waals surface area (Å²) in [4.78, 5) is 20.6. The molecule has 5 heterocycles. The van der Waals surface area contributed by atoms with Crippen molar-refractivity contribution in [3.8, 4) is 0 Å². The number of fused-ring (bicyclic) bond motifs is 4. The van der Waals surface area contributed by atoms with E-state index in [9.17, 15) is 10.2 Å². The van der Waals surface area contributed by atoms with Crippen LogP contribution in [-0.2, 0) is 6.54 Å². The van der Waals surface area contributed by atoms with E-state index in [1.54, 1.807) is 0 Å². The molecular formula is C26H31N7O2. The Bertz CT molecular complexity index is 1360. The molecule has 2 aliphatic rings. The molecule has 182 valence electrons. The Morgan fingerprint density at radius 1 is 1.06 bits per heavy atom. The number of hydrogen-bond donors (Lipinski definition) is 3. The molecule has 0 amide bonds. The Labute approximate surface area is 203 Å². The van der Waals surface area contributed by atoms with Crippen LogP contribution in [0.4, 0.5) is 11.8 Å². The monoisotopic (exact) mass is 473 g/mol. The van der Waals surface area contributed by atoms with Crippen LogP contribution in [0.15, 0.2) is 36.8 Å². The van der Waals surface area contributed by atoms with Crippen molar-refractivity contribution in [3.05, 3.63) is 48.0 Å². The van der Waals surface area contributed by atoms with Gasteiger partial charge in [0.25, 0.3) is 0 Å². The van der Waals surface area contributed by atoms with E-state index in [4.69, 9.17) is 4.98 Å². The summed E-state index contributed by atoms with van der Waals surface area (Å²) < 4.78 is 2.36. The second-order valence-electron chi connectivity index (χ2n) is 9.95. The quantitative estimate of drug-likeness (QED) is 0.402. The second-order valence-corrected chi connectivity index (χ2v) is 9.95. The molecule has 9 heteroatoms. The molecule has 0 aromatic carbocycles. The van der Waals surface area contributed by atoms with Gasteiger partial charge in [-0.3, -0.25) is 9.88 Å². The van der Waals surface area contributed by atoms with E-state index in [0.717, 1.165) is 46.3 Å². The van der Waals surface area contributed by atoms with Gasteiger partial charge in [-0.05, 0) is 49.3 Å². The highest BCUT2D eigenvalue weighted by Gasteiger charge is 2.26. The lowest BCUT2D eigenvalue weighted by molar-refractivity contribution is 0.0771. The predicted molar refractivity (Wildman–Crippen MR) is 134 cm³/mol. The first-order valence-electron chi connectivity index (χ1n) is 12.5. The zero-order chi connectivity index (χ0) is 23.9. The fourth-order valence-electron chi connectivity index (χ4n) is 5.66. The Hall–Kier alpha value is -3.14. The summed E-state index contributed by atoms with van der Waals surface area (Å²) in [7, 11) is 0. The molecule has 6 rings (SSSR count). The van der Waals surface area contributed by atoms with Crippen molar-refractivity contribution >= 4 is 33.7 Å². The number of hydrogen-bond acceptors (Lipinski definition) is 8. The lowest BCUT2D eigenvalue weighted by atomic mass is 9.87. The van der Waals surface area contributed by atoms with Gasteiger partial charge in [-0.25, -0.2) is 9.97 Å². The maximum Gasteiger partial charge on any atom is 0.230 e. The van der Waals surface area contributed by atoms with Gasteiger partial charge in [-0.1, -0.05) is 13.0 Å². The van der Waals surface area contributed by atoms with Crippen LogP contribution in [0.2, 0.25) is 0 Å². The van der Waals surface area contributed by atoms with E-state index in [2.05, 4.69) is 31.8 Å². The van der Waals surface area contributed by atoms with Gasteiger partial charge in [0.05, 0.1) is 24.0 Å². The van der Waals surface area contributed by atoms with Gasteiger partial charge in [-0.15, -0.1) is 0 Å². The third-order valence-corrected chi connectivity index (χ3v) is 7.51. The first-order valence-corrected chi connectivity index (χ1v) is 12.5. The predicted octanol–water partition coefficient (Wildman–Crippen LogP) is 3.71. The third kappa shape index (κ3) is 4.13. The van der Waals surface area contributed by atoms with Gasteiger partial charge >= 0.3 is 0 Å². The molecule has 1 fully saturated rings. The number of anilines is 2. The minimum Gasteiger partial charge on any atom is -0.395 e. The van der Waals surface area contributed by atoms with Crippen molar-refractivity contribution in [2.75, 3.05) is 25.0 Å². The topological polar surface area (TPSA) is 112 Å². The summed E-state index contributed by atoms with van der Waals surface area (Å²) in [6.45, 7) is 4.06. The molecule has 3 N–H and O–H groups in total. The van der Waals surface area contributed by atoms with Crippen LogP contribution in [0.5, 0.6) is 0 Å². The Kier molecular flexibility index (Phi) is 5.83. The minimum absolute atomic E-state index is 0.0711. The van der Waals surface area contributed by atoms with Crippen LogP contribution in [0.3, 0.4) is 0 Å². The number of β-amino-alcohol motifs (C(OH)–C–C–N with tert-alkyl or cyclic N) is 2. The van der Waals surface area contributed by atoms with E-state index in [1.165, 1.54) is 12.8 Å². The van der Waals surface area contributed by atoms with Crippen LogP contribution in [0.25, 0.3) is 21.9 Å². The Morgan fingerprint density at radius 2 is 1.91 bits per heavy atom. The van der Waals surface area contributed by atoms with Crippen molar-refractivity contribution in [2.45, 2.75) is 51.3 Å². The zero-order valence-corrected chi connectivity index (χ0v) is 19.9. The number of nitrogens with zero attached hydrogens (tertiary/aromatic N) is 6. The molecule has 1 aliphatic heterocycles. The lowest BCUT2D eigenvalue weighted by Crippen LogP contribution is -2.36. The Balaban J connectivity index is 1.35. The zero-order valence-electron chi connectivity index (χ0n) is 19.9. The smallest absolute Gasteiger partial charge is 0.230 e. The van der Waals surface area contributed by atoms with Crippen molar-refractivity contribution in [1.29, 1.82) is 0 Å². The first-order chi connectivity index (χ1) is 17.1. The number of aliphatic hydroxyl groups is 2. The molecule has 4 aromatic rings. The standard InChI is InChI=1S/C26H31N7O2/c1-16-2-5-18(6-3-16)33-21-13-27-9-8-19(21)20-12-28-26(31-25(20)33)30-23-7-4-17-14-32(10-11-34)15-22(35)24(17)29-23/h4,7-9,12-13,16,18,22,34-35H,2-3,5-6,10-11,14-15H2,1H3,(H,28,29,30,31)/t16?,18?,22-/m1/s1. The third-order valence-electron chi connectivity index (χ3n) is 7.51. The summed E-state index contributed by atoms with van der Waals surface area (Å²) in [5.74, 6) is 1.86. The van der Waals surface area contributed by atoms with Crippen LogP contribution in [0, 0.1) is 5.92 Å². The summed E-state index contributed by atoms with van der Waals surface area (Å²) in [5.41, 5.74) is 3.67. The maximum atomic E-state index is 10.6. The largest absolute Gasteiger partial charge is 0.395 e. The van der Waals surface area contributed by atoms with E-state index >= 15 is 0 Å². The highest BCUT2D eigenvalue weighted by atomic mass is 16.3. The van der Waals surface area contributed by atoms with Gasteiger partial charge in [0, 0.05) is 48.8 Å². The molecule has 0 unspecified atom stereocenters. The van der Waals surface area contributed by atoms with Gasteiger partial charge < -0.3 is 20.1 Å². The summed E-state index contributed by atoms with van der Waals surface area (Å²) in [6, 6.07) is 6.31. The number of pyridine rings is 2. The molecule has 1 aliphatic carbocycles. The van der Waals surface area contributed by atoms with Crippen molar-refractivity contribution in [3.63, 3.8) is 0 Å². The van der Waals surface area contributed by atoms with Gasteiger partial charge in [0.1, 0.15) is 17.6 Å². The molecule has 0 radical (unpaired) electrons. The SMILES string of the molecule is CC1CCC(n2c3cnccc3c3cnc(Nc4ccc5c(n4)[C@H](O)CN(CCO)C5)nc32)CC1. The molecule has 0 spiro atoms. The molecule has 4 aromatic heterocycles. The summed E-state index contributed by atoms with van der Waals surface area (Å²) in [5, 5.41) is 25.3. The molecular weight excluding hydrogens is 442 g/mol. The fourth-order valence-corrected chi connectivity index (χ4v) is 5.66. The van der Waals surface area contributed by atoms with Gasteiger partial charge in [0.15, 0.2) is 0 Å². The van der Waals surface area contributed by atoms with Crippen LogP contribution in [-0.4, -0.2) is 59.3 Å². The van der Waals surface area contributed by atoms with Crippen molar-refractivity contribution < 1.29 is 10.2 Å². The van der Waals surface area contributed by atoms with E-state index in [0.29, 0.717) is 43.1 Å². The Morgan fingerprint density at radius 3 is 2.74 bits per heavy atom. The van der Waals surface area contributed by atoms with E-state index in [-0.39, 0.29) is 6.61 Å². The van der Waals surface area contributed by atoms with Gasteiger partial charge in [0.2, 0.25) is 5.95 Å². The molecule has 1 atom stereocenters. The van der Waals surface area contributed by atoms with E-state index < -0.39 is 6.10 Å². The highest BCUT2D eigenvalue weighted by Crippen LogP contribution is 2.38. The van der Waals surface area contributed by atoms with Crippen molar-refractivity contribution in [2.24, 2.45) is 5.92 Å². The molecule has 1 saturated carbocycles. The number of aromatic nitrogens is 5. The van der Waals surface area contributed by atoms with Gasteiger partial charge in [-0.2, -0.15) is 4.98 Å². The molecule has 9 nitrogen and oxygen atoms in total. The minimum atomic E-state index is -0.695. The first kappa shape index (κ1) is 22.3. The van der Waals surface area contributed by atoms with Crippen LogP contribution < -0.4 is 5.32 Å². The molecule has 0 bridgehead atoms. The van der Waals surface area contributed by atoms with Crippen LogP contribution in [0.1, 0.15) is 56.0 Å². The summed E-state index contributed by atoms with van der Waals surface area (Å²) in [6.07, 6.45) is 9.67. The lowest BCUT2D eigenvalue weighted by Gasteiger charge is -2.31. The van der Waals surface area contributed by atoms with Crippen molar-refractivity contribution in [1.82, 2.24) is 29.4 Å². The summed E-state index contributed by atoms with van der Waals surface area (Å²) >= 11 is 0. The second kappa shape index (κ2) is 9.14.